The highest BCUT2D eigenvalue weighted by Gasteiger charge is 2.38. The summed E-state index contributed by atoms with van der Waals surface area (Å²) in [5.41, 5.74) is -0.0580. The number of aryl methyl sites for hydroxylation is 1. The van der Waals surface area contributed by atoms with E-state index in [-0.39, 0.29) is 17.7 Å². The number of phenols is 1. The van der Waals surface area contributed by atoms with E-state index in [1.54, 1.807) is 51.7 Å². The summed E-state index contributed by atoms with van der Waals surface area (Å²) in [6.07, 6.45) is 0.842. The topological polar surface area (TPSA) is 108 Å². The van der Waals surface area contributed by atoms with Gasteiger partial charge in [0.1, 0.15) is 23.4 Å². The lowest BCUT2D eigenvalue weighted by Crippen LogP contribution is -2.56. The predicted molar refractivity (Wildman–Crippen MR) is 143 cm³/mol. The van der Waals surface area contributed by atoms with E-state index in [0.29, 0.717) is 23.5 Å². The van der Waals surface area contributed by atoms with Gasteiger partial charge in [-0.05, 0) is 104 Å². The molecule has 0 aliphatic carbocycles. The minimum absolute atomic E-state index is 0.111. The molecule has 1 aromatic rings. The number of benzene rings is 1. The largest absolute Gasteiger partial charge is 0.508 e. The van der Waals surface area contributed by atoms with Crippen LogP contribution < -0.4 is 10.6 Å². The van der Waals surface area contributed by atoms with Crippen LogP contribution in [0.2, 0.25) is 0 Å². The predicted octanol–water partition coefficient (Wildman–Crippen LogP) is 5.22. The average molecular weight is 506 g/mol. The second-order valence-electron chi connectivity index (χ2n) is 12.1. The molecule has 3 amide bonds. The molecule has 0 bridgehead atoms. The van der Waals surface area contributed by atoms with E-state index in [1.165, 1.54) is 6.07 Å². The van der Waals surface area contributed by atoms with Gasteiger partial charge in [0.05, 0.1) is 0 Å². The van der Waals surface area contributed by atoms with Gasteiger partial charge in [-0.15, -0.1) is 0 Å². The minimum Gasteiger partial charge on any atom is -0.508 e. The van der Waals surface area contributed by atoms with Crippen molar-refractivity contribution in [2.75, 3.05) is 0 Å². The van der Waals surface area contributed by atoms with Gasteiger partial charge in [0, 0.05) is 11.6 Å². The Hall–Kier alpha value is -2.77. The van der Waals surface area contributed by atoms with Gasteiger partial charge in [-0.2, -0.15) is 0 Å². The Morgan fingerprint density at radius 2 is 1.58 bits per heavy atom. The molecule has 3 unspecified atom stereocenters. The summed E-state index contributed by atoms with van der Waals surface area (Å²) in [5, 5.41) is 15.7. The molecular weight excluding hydrogens is 458 g/mol. The maximum Gasteiger partial charge on any atom is 0.408 e. The number of rotatable bonds is 9. The number of nitrogens with zero attached hydrogens (tertiary/aromatic N) is 1. The van der Waals surface area contributed by atoms with Gasteiger partial charge < -0.3 is 25.4 Å². The molecule has 0 aromatic heterocycles. The van der Waals surface area contributed by atoms with E-state index in [1.807, 2.05) is 27.7 Å². The number of nitrogens with one attached hydrogen (secondary N) is 2. The molecule has 0 fully saturated rings. The second-order valence-corrected chi connectivity index (χ2v) is 12.1. The van der Waals surface area contributed by atoms with Crippen molar-refractivity contribution >= 4 is 17.9 Å². The van der Waals surface area contributed by atoms with Crippen LogP contribution in [-0.4, -0.2) is 51.1 Å². The molecule has 0 spiro atoms. The first-order valence-corrected chi connectivity index (χ1v) is 12.8. The SMILES string of the molecule is Cc1cc(C(C(=O)NC(C)(C)C)N(C(=O)C(C)NC(=O)OC(C)(C)C)C(C)CCC(C)C)ccc1O. The number of hydrogen-bond acceptors (Lipinski definition) is 5. The Labute approximate surface area is 217 Å². The van der Waals surface area contributed by atoms with Gasteiger partial charge >= 0.3 is 6.09 Å². The molecule has 204 valence electrons. The number of phenolic OH excluding ortho intramolecular Hbond substituents is 1. The zero-order chi connectivity index (χ0) is 28.0. The molecule has 1 aromatic carbocycles. The van der Waals surface area contributed by atoms with Crippen LogP contribution in [0.5, 0.6) is 5.75 Å². The van der Waals surface area contributed by atoms with Crippen LogP contribution in [0.25, 0.3) is 0 Å². The summed E-state index contributed by atoms with van der Waals surface area (Å²) in [5.74, 6) is -0.197. The van der Waals surface area contributed by atoms with Crippen LogP contribution in [0.4, 0.5) is 4.79 Å². The molecule has 8 heteroatoms. The van der Waals surface area contributed by atoms with E-state index in [2.05, 4.69) is 24.5 Å². The smallest absolute Gasteiger partial charge is 0.408 e. The molecule has 8 nitrogen and oxygen atoms in total. The molecule has 0 saturated carbocycles. The van der Waals surface area contributed by atoms with Gasteiger partial charge in [0.2, 0.25) is 11.8 Å². The van der Waals surface area contributed by atoms with Crippen molar-refractivity contribution in [1.29, 1.82) is 0 Å². The quantitative estimate of drug-likeness (QED) is 0.426. The molecule has 0 aliphatic heterocycles. The third-order valence-corrected chi connectivity index (χ3v) is 5.56. The van der Waals surface area contributed by atoms with Crippen LogP contribution in [0.15, 0.2) is 18.2 Å². The van der Waals surface area contributed by atoms with Crippen molar-refractivity contribution in [2.45, 2.75) is 118 Å². The van der Waals surface area contributed by atoms with Crippen molar-refractivity contribution in [3.63, 3.8) is 0 Å². The monoisotopic (exact) mass is 505 g/mol. The van der Waals surface area contributed by atoms with Crippen molar-refractivity contribution in [3.8, 4) is 5.75 Å². The van der Waals surface area contributed by atoms with Crippen LogP contribution >= 0.6 is 0 Å². The van der Waals surface area contributed by atoms with Crippen molar-refractivity contribution in [3.05, 3.63) is 29.3 Å². The van der Waals surface area contributed by atoms with Crippen LogP contribution in [0.3, 0.4) is 0 Å². The number of aromatic hydroxyl groups is 1. The lowest BCUT2D eigenvalue weighted by molar-refractivity contribution is -0.145. The zero-order valence-electron chi connectivity index (χ0n) is 24.0. The van der Waals surface area contributed by atoms with E-state index in [9.17, 15) is 19.5 Å². The van der Waals surface area contributed by atoms with Gasteiger partial charge in [-0.1, -0.05) is 19.9 Å². The third kappa shape index (κ3) is 10.1. The fourth-order valence-electron chi connectivity index (χ4n) is 3.81. The minimum atomic E-state index is -0.957. The van der Waals surface area contributed by atoms with Gasteiger partial charge in [-0.25, -0.2) is 4.79 Å². The normalized spacial score (nSPS) is 14.6. The number of carbonyl (C=O) groups is 3. The van der Waals surface area contributed by atoms with Crippen molar-refractivity contribution in [1.82, 2.24) is 15.5 Å². The molecule has 0 heterocycles. The first kappa shape index (κ1) is 31.3. The fourth-order valence-corrected chi connectivity index (χ4v) is 3.81. The van der Waals surface area contributed by atoms with Crippen molar-refractivity contribution < 1.29 is 24.2 Å². The molecule has 0 saturated heterocycles. The Kier molecular flexibility index (Phi) is 10.8. The Balaban J connectivity index is 3.53. The zero-order valence-corrected chi connectivity index (χ0v) is 24.0. The number of carbonyl (C=O) groups excluding carboxylic acids is 3. The lowest BCUT2D eigenvalue weighted by Gasteiger charge is -2.39. The standard InChI is InChI=1S/C28H47N3O5/c1-17(2)12-13-19(4)31(25(34)20(5)29-26(35)36-28(9,10)11)23(24(33)30-27(6,7)8)21-14-15-22(32)18(3)16-21/h14-17,19-20,23,32H,12-13H2,1-11H3,(H,29,35)(H,30,33). The number of ether oxygens (including phenoxy) is 1. The maximum atomic E-state index is 13.9. The fraction of sp³-hybridized carbons (Fsp3) is 0.679. The summed E-state index contributed by atoms with van der Waals surface area (Å²) < 4.78 is 5.34. The summed E-state index contributed by atoms with van der Waals surface area (Å²) in [4.78, 5) is 41.6. The molecule has 36 heavy (non-hydrogen) atoms. The van der Waals surface area contributed by atoms with Crippen LogP contribution in [0.1, 0.15) is 99.2 Å². The average Bonchev–Trinajstić information content (AvgIpc) is 2.68. The van der Waals surface area contributed by atoms with Gasteiger partial charge in [0.15, 0.2) is 0 Å². The Bertz CT molecular complexity index is 915. The molecule has 1 rings (SSSR count). The first-order valence-electron chi connectivity index (χ1n) is 12.8. The van der Waals surface area contributed by atoms with Crippen LogP contribution in [0, 0.1) is 12.8 Å². The second kappa shape index (κ2) is 12.5. The highest BCUT2D eigenvalue weighted by atomic mass is 16.6. The highest BCUT2D eigenvalue weighted by molar-refractivity contribution is 5.92. The first-order chi connectivity index (χ1) is 16.3. The van der Waals surface area contributed by atoms with Crippen LogP contribution in [-0.2, 0) is 14.3 Å². The van der Waals surface area contributed by atoms with E-state index in [0.717, 1.165) is 6.42 Å². The highest BCUT2D eigenvalue weighted by Crippen LogP contribution is 2.30. The van der Waals surface area contributed by atoms with Crippen molar-refractivity contribution in [2.24, 2.45) is 5.92 Å². The Morgan fingerprint density at radius 1 is 1.00 bits per heavy atom. The van der Waals surface area contributed by atoms with E-state index >= 15 is 0 Å². The summed E-state index contributed by atoms with van der Waals surface area (Å²) >= 11 is 0. The molecular formula is C28H47N3O5. The Morgan fingerprint density at radius 3 is 2.06 bits per heavy atom. The van der Waals surface area contributed by atoms with E-state index < -0.39 is 35.2 Å². The molecule has 3 N–H and O–H groups in total. The number of hydrogen-bond donors (Lipinski definition) is 3. The van der Waals surface area contributed by atoms with Gasteiger partial charge in [-0.3, -0.25) is 9.59 Å². The van der Waals surface area contributed by atoms with E-state index in [4.69, 9.17) is 4.74 Å². The number of alkyl carbamates (subject to hydrolysis) is 1. The molecule has 0 aliphatic rings. The maximum absolute atomic E-state index is 13.9. The molecule has 0 radical (unpaired) electrons. The van der Waals surface area contributed by atoms with Gasteiger partial charge in [0.25, 0.3) is 0 Å². The summed E-state index contributed by atoms with van der Waals surface area (Å²) in [7, 11) is 0. The summed E-state index contributed by atoms with van der Waals surface area (Å²) in [6.45, 7) is 20.4. The number of amides is 3. The third-order valence-electron chi connectivity index (χ3n) is 5.56. The lowest BCUT2D eigenvalue weighted by atomic mass is 9.95. The molecule has 3 atom stereocenters. The summed E-state index contributed by atoms with van der Waals surface area (Å²) in [6, 6.07) is 2.74.